The van der Waals surface area contributed by atoms with E-state index >= 15 is 0 Å². The van der Waals surface area contributed by atoms with Crippen LogP contribution in [0.4, 0.5) is 5.69 Å². The van der Waals surface area contributed by atoms with Gasteiger partial charge in [0.15, 0.2) is 5.69 Å². The van der Waals surface area contributed by atoms with Gasteiger partial charge in [-0.2, -0.15) is 0 Å². The minimum absolute atomic E-state index is 0.0570. The highest BCUT2D eigenvalue weighted by atomic mass is 32.2. The average molecular weight is 284 g/mol. The molecule has 0 fully saturated rings. The van der Waals surface area contributed by atoms with Crippen molar-refractivity contribution < 1.29 is 18.3 Å². The van der Waals surface area contributed by atoms with Crippen molar-refractivity contribution in [2.45, 2.75) is 4.21 Å². The minimum Gasteiger partial charge on any atom is -0.476 e. The van der Waals surface area contributed by atoms with Crippen molar-refractivity contribution in [1.29, 1.82) is 0 Å². The number of rotatable bonds is 4. The largest absolute Gasteiger partial charge is 0.476 e. The molecule has 2 aromatic heterocycles. The van der Waals surface area contributed by atoms with Gasteiger partial charge in [0.25, 0.3) is 10.0 Å². The number of thiophene rings is 1. The Morgan fingerprint density at radius 1 is 1.33 bits per heavy atom. The first kappa shape index (κ1) is 12.5. The van der Waals surface area contributed by atoms with Crippen molar-refractivity contribution in [1.82, 2.24) is 4.98 Å². The maximum atomic E-state index is 11.9. The van der Waals surface area contributed by atoms with Crippen LogP contribution in [0.25, 0.3) is 0 Å². The van der Waals surface area contributed by atoms with Crippen LogP contribution in [0, 0.1) is 0 Å². The van der Waals surface area contributed by atoms with E-state index in [0.717, 1.165) is 11.3 Å². The number of hydrogen-bond acceptors (Lipinski definition) is 5. The lowest BCUT2D eigenvalue weighted by atomic mass is 10.3. The van der Waals surface area contributed by atoms with E-state index in [1.807, 2.05) is 0 Å². The second-order valence-corrected chi connectivity index (χ2v) is 6.10. The third-order valence-corrected chi connectivity index (χ3v) is 4.78. The van der Waals surface area contributed by atoms with Crippen LogP contribution >= 0.6 is 11.3 Å². The highest BCUT2D eigenvalue weighted by Gasteiger charge is 2.19. The second-order valence-electron chi connectivity index (χ2n) is 3.24. The molecular formula is C10H8N2O4S2. The molecule has 2 aromatic rings. The monoisotopic (exact) mass is 284 g/mol. The van der Waals surface area contributed by atoms with Gasteiger partial charge >= 0.3 is 5.97 Å². The zero-order valence-electron chi connectivity index (χ0n) is 8.90. The zero-order valence-corrected chi connectivity index (χ0v) is 10.5. The summed E-state index contributed by atoms with van der Waals surface area (Å²) in [6, 6.07) is 5.84. The van der Waals surface area contributed by atoms with E-state index in [1.54, 1.807) is 11.4 Å². The van der Waals surface area contributed by atoms with Crippen molar-refractivity contribution in [3.05, 3.63) is 41.5 Å². The number of carboxylic acids is 1. The summed E-state index contributed by atoms with van der Waals surface area (Å²) in [4.78, 5) is 14.5. The van der Waals surface area contributed by atoms with E-state index in [1.165, 1.54) is 24.4 Å². The summed E-state index contributed by atoms with van der Waals surface area (Å²) < 4.78 is 26.2. The molecule has 18 heavy (non-hydrogen) atoms. The molecule has 0 unspecified atom stereocenters. The number of pyridine rings is 1. The molecule has 0 amide bonds. The second kappa shape index (κ2) is 4.75. The fraction of sp³-hybridized carbons (Fsp3) is 0. The Kier molecular flexibility index (Phi) is 3.30. The first-order valence-electron chi connectivity index (χ1n) is 4.75. The molecule has 0 atom stereocenters. The number of hydrogen-bond donors (Lipinski definition) is 2. The van der Waals surface area contributed by atoms with Crippen LogP contribution in [0.3, 0.4) is 0 Å². The van der Waals surface area contributed by atoms with E-state index in [4.69, 9.17) is 5.11 Å². The number of nitrogens with zero attached hydrogens (tertiary/aromatic N) is 1. The molecule has 0 aliphatic carbocycles. The quantitative estimate of drug-likeness (QED) is 0.889. The van der Waals surface area contributed by atoms with E-state index in [-0.39, 0.29) is 15.6 Å². The van der Waals surface area contributed by atoms with Gasteiger partial charge in [0.1, 0.15) is 4.21 Å². The van der Waals surface area contributed by atoms with Gasteiger partial charge in [-0.15, -0.1) is 11.3 Å². The van der Waals surface area contributed by atoms with E-state index < -0.39 is 16.0 Å². The average Bonchev–Trinajstić information content (AvgIpc) is 2.83. The molecule has 2 rings (SSSR count). The predicted octanol–water partition coefficient (Wildman–Crippen LogP) is 1.64. The molecule has 0 radical (unpaired) electrons. The number of carboxylic acid groups (broad SMARTS) is 1. The summed E-state index contributed by atoms with van der Waals surface area (Å²) in [7, 11) is -3.76. The Morgan fingerprint density at radius 2 is 2.11 bits per heavy atom. The van der Waals surface area contributed by atoms with Gasteiger partial charge in [0, 0.05) is 6.20 Å². The molecule has 0 aliphatic heterocycles. The molecule has 2 heterocycles. The van der Waals surface area contributed by atoms with Crippen LogP contribution < -0.4 is 4.72 Å². The Labute approximate surface area is 107 Å². The lowest BCUT2D eigenvalue weighted by molar-refractivity contribution is 0.0692. The van der Waals surface area contributed by atoms with Gasteiger partial charge in [0.2, 0.25) is 0 Å². The highest BCUT2D eigenvalue weighted by molar-refractivity contribution is 7.94. The number of carbonyl (C=O) groups is 1. The van der Waals surface area contributed by atoms with E-state index in [2.05, 4.69) is 9.71 Å². The molecule has 2 N–H and O–H groups in total. The van der Waals surface area contributed by atoms with Gasteiger partial charge in [-0.1, -0.05) is 6.07 Å². The minimum atomic E-state index is -3.76. The molecule has 94 valence electrons. The predicted molar refractivity (Wildman–Crippen MR) is 66.3 cm³/mol. The SMILES string of the molecule is O=C(O)c1ncccc1NS(=O)(=O)c1cccs1. The van der Waals surface area contributed by atoms with Gasteiger partial charge in [0.05, 0.1) is 5.69 Å². The van der Waals surface area contributed by atoms with E-state index in [0.29, 0.717) is 0 Å². The van der Waals surface area contributed by atoms with Crippen LogP contribution in [0.2, 0.25) is 0 Å². The van der Waals surface area contributed by atoms with Crippen LogP contribution in [0.15, 0.2) is 40.1 Å². The van der Waals surface area contributed by atoms with Crippen LogP contribution in [-0.2, 0) is 10.0 Å². The first-order chi connectivity index (χ1) is 8.50. The smallest absolute Gasteiger partial charge is 0.356 e. The summed E-state index contributed by atoms with van der Waals surface area (Å²) in [5.41, 5.74) is -0.393. The first-order valence-corrected chi connectivity index (χ1v) is 7.11. The molecule has 0 saturated heterocycles. The lowest BCUT2D eigenvalue weighted by Gasteiger charge is -2.07. The number of nitrogens with one attached hydrogen (secondary N) is 1. The Hall–Kier alpha value is -1.93. The number of sulfonamides is 1. The summed E-state index contributed by atoms with van der Waals surface area (Å²) in [5.74, 6) is -1.29. The Morgan fingerprint density at radius 3 is 2.72 bits per heavy atom. The van der Waals surface area contributed by atoms with Gasteiger partial charge in [-0.25, -0.2) is 18.2 Å². The number of aromatic nitrogens is 1. The third-order valence-electron chi connectivity index (χ3n) is 2.01. The molecule has 0 bridgehead atoms. The fourth-order valence-electron chi connectivity index (χ4n) is 1.27. The molecule has 6 nitrogen and oxygen atoms in total. The highest BCUT2D eigenvalue weighted by Crippen LogP contribution is 2.21. The van der Waals surface area contributed by atoms with E-state index in [9.17, 15) is 13.2 Å². The molecule has 0 aliphatic rings. The van der Waals surface area contributed by atoms with Crippen molar-refractivity contribution in [2.24, 2.45) is 0 Å². The standard InChI is InChI=1S/C10H8N2O4S2/c13-10(14)9-7(3-1-5-11-9)12-18(15,16)8-4-2-6-17-8/h1-6,12H,(H,13,14). The van der Waals surface area contributed by atoms with Crippen molar-refractivity contribution in [2.75, 3.05) is 4.72 Å². The van der Waals surface area contributed by atoms with Gasteiger partial charge in [-0.3, -0.25) is 4.72 Å². The summed E-state index contributed by atoms with van der Waals surface area (Å²) >= 11 is 1.05. The molecule has 0 saturated carbocycles. The Bertz CT molecular complexity index is 665. The number of aromatic carboxylic acids is 1. The zero-order chi connectivity index (χ0) is 13.2. The topological polar surface area (TPSA) is 96.4 Å². The van der Waals surface area contributed by atoms with Crippen LogP contribution in [0.5, 0.6) is 0 Å². The Balaban J connectivity index is 2.39. The van der Waals surface area contributed by atoms with Gasteiger partial charge in [-0.05, 0) is 23.6 Å². The number of anilines is 1. The van der Waals surface area contributed by atoms with Crippen LogP contribution in [-0.4, -0.2) is 24.5 Å². The maximum absolute atomic E-state index is 11.9. The maximum Gasteiger partial charge on any atom is 0.356 e. The van der Waals surface area contributed by atoms with Crippen molar-refractivity contribution >= 4 is 33.0 Å². The summed E-state index contributed by atoms with van der Waals surface area (Å²) in [6.45, 7) is 0. The molecular weight excluding hydrogens is 276 g/mol. The van der Waals surface area contributed by atoms with Crippen molar-refractivity contribution in [3.8, 4) is 0 Å². The summed E-state index contributed by atoms with van der Waals surface area (Å²) in [6.07, 6.45) is 1.28. The fourth-order valence-corrected chi connectivity index (χ4v) is 3.33. The van der Waals surface area contributed by atoms with Crippen molar-refractivity contribution in [3.63, 3.8) is 0 Å². The summed E-state index contributed by atoms with van der Waals surface area (Å²) in [5, 5.41) is 10.5. The third kappa shape index (κ3) is 2.49. The normalized spacial score (nSPS) is 11.1. The van der Waals surface area contributed by atoms with Crippen LogP contribution in [0.1, 0.15) is 10.5 Å². The molecule has 0 aromatic carbocycles. The molecule has 8 heteroatoms. The molecule has 0 spiro atoms. The lowest BCUT2D eigenvalue weighted by Crippen LogP contribution is -2.15. The van der Waals surface area contributed by atoms with Gasteiger partial charge < -0.3 is 5.11 Å².